The quantitative estimate of drug-likeness (QED) is 0.523. The van der Waals surface area contributed by atoms with Gasteiger partial charge in [-0.1, -0.05) is 35.6 Å². The molecule has 1 aromatic heterocycles. The predicted molar refractivity (Wildman–Crippen MR) is 95.4 cm³/mol. The average molecular weight is 357 g/mol. The topological polar surface area (TPSA) is 76.3 Å². The molecule has 0 N–H and O–H groups in total. The second kappa shape index (κ2) is 5.88. The normalized spacial score (nSPS) is 17.6. The summed E-state index contributed by atoms with van der Waals surface area (Å²) in [5, 5.41) is 11.5. The van der Waals surface area contributed by atoms with Gasteiger partial charge in [-0.3, -0.25) is 19.8 Å². The van der Waals surface area contributed by atoms with Crippen LogP contribution >= 0.6 is 23.1 Å². The Labute approximate surface area is 145 Å². The number of nitro groups is 1. The molecule has 0 radical (unpaired) electrons. The number of amides is 1. The van der Waals surface area contributed by atoms with E-state index in [0.717, 1.165) is 10.2 Å². The van der Waals surface area contributed by atoms with Gasteiger partial charge in [0, 0.05) is 6.07 Å². The highest BCUT2D eigenvalue weighted by atomic mass is 32.2. The van der Waals surface area contributed by atoms with Crippen LogP contribution in [0.2, 0.25) is 0 Å². The third kappa shape index (κ3) is 2.44. The van der Waals surface area contributed by atoms with Gasteiger partial charge in [0.25, 0.3) is 5.69 Å². The number of rotatable bonds is 3. The van der Waals surface area contributed by atoms with Crippen LogP contribution in [-0.4, -0.2) is 21.6 Å². The van der Waals surface area contributed by atoms with Gasteiger partial charge >= 0.3 is 0 Å². The van der Waals surface area contributed by atoms with Crippen molar-refractivity contribution >= 4 is 50.0 Å². The Balaban J connectivity index is 1.81. The van der Waals surface area contributed by atoms with Crippen LogP contribution in [0.5, 0.6) is 0 Å². The van der Waals surface area contributed by atoms with E-state index < -0.39 is 10.3 Å². The van der Waals surface area contributed by atoms with Crippen LogP contribution in [0.3, 0.4) is 0 Å². The molecular weight excluding hydrogens is 346 g/mol. The summed E-state index contributed by atoms with van der Waals surface area (Å²) in [7, 11) is 0. The van der Waals surface area contributed by atoms with Gasteiger partial charge in [0.05, 0.1) is 26.5 Å². The highest BCUT2D eigenvalue weighted by Gasteiger charge is 2.39. The molecule has 1 fully saturated rings. The Kier molecular flexibility index (Phi) is 3.70. The van der Waals surface area contributed by atoms with E-state index in [-0.39, 0.29) is 17.3 Å². The molecule has 1 unspecified atom stereocenters. The maximum absolute atomic E-state index is 12.4. The first-order valence-electron chi connectivity index (χ1n) is 7.18. The molecule has 1 saturated heterocycles. The van der Waals surface area contributed by atoms with E-state index in [1.165, 1.54) is 29.2 Å². The lowest BCUT2D eigenvalue weighted by atomic mass is 10.1. The van der Waals surface area contributed by atoms with Crippen LogP contribution in [0.25, 0.3) is 10.2 Å². The molecule has 2 aromatic carbocycles. The fourth-order valence-electron chi connectivity index (χ4n) is 2.69. The number of thioether (sulfide) groups is 1. The molecule has 1 amide bonds. The summed E-state index contributed by atoms with van der Waals surface area (Å²) in [5.41, 5.74) is 1.37. The van der Waals surface area contributed by atoms with Crippen molar-refractivity contribution in [2.24, 2.45) is 0 Å². The van der Waals surface area contributed by atoms with Gasteiger partial charge in [0.15, 0.2) is 5.13 Å². The second-order valence-electron chi connectivity index (χ2n) is 5.21. The number of anilines is 1. The van der Waals surface area contributed by atoms with Gasteiger partial charge in [-0.15, -0.1) is 11.8 Å². The lowest BCUT2D eigenvalue weighted by Crippen LogP contribution is -2.28. The van der Waals surface area contributed by atoms with Gasteiger partial charge < -0.3 is 0 Å². The minimum absolute atomic E-state index is 0.0239. The highest BCUT2D eigenvalue weighted by molar-refractivity contribution is 8.00. The molecule has 1 atom stereocenters. The summed E-state index contributed by atoms with van der Waals surface area (Å²) in [4.78, 5) is 29.5. The predicted octanol–water partition coefficient (Wildman–Crippen LogP) is 3.98. The number of aromatic nitrogens is 1. The third-order valence-electron chi connectivity index (χ3n) is 3.76. The Hall–Kier alpha value is -2.45. The van der Waals surface area contributed by atoms with Gasteiger partial charge in [0.1, 0.15) is 5.37 Å². The van der Waals surface area contributed by atoms with Crippen molar-refractivity contribution in [1.82, 2.24) is 4.98 Å². The Morgan fingerprint density at radius 3 is 2.71 bits per heavy atom. The van der Waals surface area contributed by atoms with Crippen molar-refractivity contribution in [1.29, 1.82) is 0 Å². The summed E-state index contributed by atoms with van der Waals surface area (Å²) in [6.07, 6.45) is 0. The minimum atomic E-state index is -0.431. The highest BCUT2D eigenvalue weighted by Crippen LogP contribution is 2.46. The van der Waals surface area contributed by atoms with Gasteiger partial charge in [-0.2, -0.15) is 0 Å². The summed E-state index contributed by atoms with van der Waals surface area (Å²) in [6.45, 7) is 0. The lowest BCUT2D eigenvalue weighted by molar-refractivity contribution is -0.385. The number of hydrogen-bond acceptors (Lipinski definition) is 6. The van der Waals surface area contributed by atoms with Crippen molar-refractivity contribution in [2.75, 3.05) is 10.7 Å². The monoisotopic (exact) mass is 357 g/mol. The third-order valence-corrected chi connectivity index (χ3v) is 5.99. The molecule has 0 spiro atoms. The van der Waals surface area contributed by atoms with Crippen molar-refractivity contribution in [3.63, 3.8) is 0 Å². The molecule has 1 aliphatic heterocycles. The number of carbonyl (C=O) groups excluding carboxylic acids is 1. The molecule has 4 rings (SSSR count). The van der Waals surface area contributed by atoms with Gasteiger partial charge in [0.2, 0.25) is 5.91 Å². The molecule has 8 heteroatoms. The average Bonchev–Trinajstić information content (AvgIpc) is 3.17. The van der Waals surface area contributed by atoms with E-state index >= 15 is 0 Å². The molecule has 0 aliphatic carbocycles. The molecule has 1 aliphatic rings. The SMILES string of the molecule is O=C1CSC(c2ccccc2[N+](=O)[O-])N1c1nc2ccccc2s1. The summed E-state index contributed by atoms with van der Waals surface area (Å²) in [6, 6.07) is 14.2. The molecule has 0 saturated carbocycles. The standard InChI is InChI=1S/C16H11N3O3S2/c20-14-9-23-15(10-5-1-3-7-12(10)19(21)22)18(14)16-17-11-6-2-4-8-13(11)24-16/h1-8,15H,9H2. The minimum Gasteiger partial charge on any atom is -0.273 e. The zero-order valence-corrected chi connectivity index (χ0v) is 13.9. The summed E-state index contributed by atoms with van der Waals surface area (Å²) < 4.78 is 0.985. The van der Waals surface area contributed by atoms with Crippen molar-refractivity contribution in [2.45, 2.75) is 5.37 Å². The smallest absolute Gasteiger partial charge is 0.273 e. The number of carbonyl (C=O) groups is 1. The second-order valence-corrected chi connectivity index (χ2v) is 7.28. The number of fused-ring (bicyclic) bond motifs is 1. The largest absolute Gasteiger partial charge is 0.275 e. The van der Waals surface area contributed by atoms with Crippen LogP contribution < -0.4 is 4.90 Å². The molecule has 24 heavy (non-hydrogen) atoms. The fourth-order valence-corrected chi connectivity index (χ4v) is 4.95. The number of hydrogen-bond donors (Lipinski definition) is 0. The number of thiazole rings is 1. The first kappa shape index (κ1) is 15.1. The first-order valence-corrected chi connectivity index (χ1v) is 9.04. The van der Waals surface area contributed by atoms with Crippen LogP contribution in [0.15, 0.2) is 48.5 Å². The van der Waals surface area contributed by atoms with E-state index in [2.05, 4.69) is 4.98 Å². The van der Waals surface area contributed by atoms with E-state index in [9.17, 15) is 14.9 Å². The zero-order chi connectivity index (χ0) is 16.7. The first-order chi connectivity index (χ1) is 11.6. The van der Waals surface area contributed by atoms with Crippen molar-refractivity contribution in [3.05, 3.63) is 64.2 Å². The fraction of sp³-hybridized carbons (Fsp3) is 0.125. The van der Waals surface area contributed by atoms with E-state index in [4.69, 9.17) is 0 Å². The molecule has 120 valence electrons. The number of nitrogens with zero attached hydrogens (tertiary/aromatic N) is 3. The van der Waals surface area contributed by atoms with E-state index in [1.54, 1.807) is 23.1 Å². The van der Waals surface area contributed by atoms with E-state index in [0.29, 0.717) is 10.7 Å². The van der Waals surface area contributed by atoms with Crippen LogP contribution in [0.4, 0.5) is 10.8 Å². The molecule has 0 bridgehead atoms. The Morgan fingerprint density at radius 2 is 1.92 bits per heavy atom. The van der Waals surface area contributed by atoms with Crippen molar-refractivity contribution in [3.8, 4) is 0 Å². The maximum atomic E-state index is 12.4. The van der Waals surface area contributed by atoms with Gasteiger partial charge in [-0.05, 0) is 18.2 Å². The molecule has 3 aromatic rings. The van der Waals surface area contributed by atoms with Gasteiger partial charge in [-0.25, -0.2) is 4.98 Å². The zero-order valence-electron chi connectivity index (χ0n) is 12.3. The van der Waals surface area contributed by atoms with Crippen LogP contribution in [0, 0.1) is 10.1 Å². The summed E-state index contributed by atoms with van der Waals surface area (Å²) >= 11 is 2.81. The lowest BCUT2D eigenvalue weighted by Gasteiger charge is -2.21. The number of benzene rings is 2. The van der Waals surface area contributed by atoms with Crippen LogP contribution in [0.1, 0.15) is 10.9 Å². The van der Waals surface area contributed by atoms with E-state index in [1.807, 2.05) is 24.3 Å². The summed E-state index contributed by atoms with van der Waals surface area (Å²) in [5.74, 6) is 0.203. The molecular formula is C16H11N3O3S2. The number of nitro benzene ring substituents is 1. The Bertz CT molecular complexity index is 923. The van der Waals surface area contributed by atoms with Crippen LogP contribution in [-0.2, 0) is 4.79 Å². The maximum Gasteiger partial charge on any atom is 0.275 e. The molecule has 6 nitrogen and oxygen atoms in total. The van der Waals surface area contributed by atoms with Crippen molar-refractivity contribution < 1.29 is 9.72 Å². The Morgan fingerprint density at radius 1 is 1.17 bits per heavy atom. The number of para-hydroxylation sites is 2. The molecule has 2 heterocycles.